The molecule has 0 aromatic heterocycles. The van der Waals surface area contributed by atoms with Gasteiger partial charge in [-0.1, -0.05) is 29.8 Å². The van der Waals surface area contributed by atoms with Crippen molar-refractivity contribution in [1.29, 1.82) is 0 Å². The van der Waals surface area contributed by atoms with Crippen molar-refractivity contribution >= 4 is 29.9 Å². The minimum absolute atomic E-state index is 0. The molecule has 3 nitrogen and oxygen atoms in total. The number of rotatable bonds is 6. The van der Waals surface area contributed by atoms with Crippen LogP contribution in [0.1, 0.15) is 12.0 Å². The molecule has 1 rings (SSSR count). The van der Waals surface area contributed by atoms with E-state index < -0.39 is 0 Å². The van der Waals surface area contributed by atoms with Crippen molar-refractivity contribution in [2.75, 3.05) is 27.2 Å². The molecule has 18 heavy (non-hydrogen) atoms. The standard InChI is InChI=1S/C13H19ClN2O.ClH/c1-15-9-10-16(2)13(17)8-7-11-5-3-4-6-12(11)14;/h3-6,15H,7-10H2,1-2H3;1H. The Bertz CT molecular complexity index is 372. The highest BCUT2D eigenvalue weighted by atomic mass is 35.5. The Labute approximate surface area is 120 Å². The van der Waals surface area contributed by atoms with Crippen molar-refractivity contribution in [2.45, 2.75) is 12.8 Å². The van der Waals surface area contributed by atoms with Gasteiger partial charge in [0.15, 0.2) is 0 Å². The molecule has 102 valence electrons. The fourth-order valence-corrected chi connectivity index (χ4v) is 1.77. The predicted octanol–water partition coefficient (Wildman–Crippen LogP) is 2.37. The number of likely N-dealkylation sites (N-methyl/N-ethyl adjacent to an activating group) is 2. The molecular formula is C13H20Cl2N2O. The summed E-state index contributed by atoms with van der Waals surface area (Å²) < 4.78 is 0. The minimum Gasteiger partial charge on any atom is -0.344 e. The maximum absolute atomic E-state index is 11.8. The van der Waals surface area contributed by atoms with Crippen LogP contribution < -0.4 is 5.32 Å². The molecule has 0 saturated heterocycles. The highest BCUT2D eigenvalue weighted by Crippen LogP contribution is 2.16. The minimum atomic E-state index is 0. The SMILES string of the molecule is CNCCN(C)C(=O)CCc1ccccc1Cl.Cl. The van der Waals surface area contributed by atoms with Crippen molar-refractivity contribution in [3.8, 4) is 0 Å². The zero-order chi connectivity index (χ0) is 12.7. The quantitative estimate of drug-likeness (QED) is 0.872. The lowest BCUT2D eigenvalue weighted by Gasteiger charge is -2.16. The van der Waals surface area contributed by atoms with E-state index >= 15 is 0 Å². The Balaban J connectivity index is 0.00000289. The number of benzene rings is 1. The molecule has 0 bridgehead atoms. The lowest BCUT2D eigenvalue weighted by Crippen LogP contribution is -2.32. The van der Waals surface area contributed by atoms with Crippen molar-refractivity contribution in [3.05, 3.63) is 34.9 Å². The molecule has 0 aliphatic carbocycles. The van der Waals surface area contributed by atoms with Gasteiger partial charge in [-0.25, -0.2) is 0 Å². The average molecular weight is 291 g/mol. The Morgan fingerprint density at radius 2 is 2.06 bits per heavy atom. The van der Waals surface area contributed by atoms with Gasteiger partial charge in [0.05, 0.1) is 0 Å². The van der Waals surface area contributed by atoms with E-state index in [0.29, 0.717) is 12.8 Å². The molecule has 1 aromatic rings. The summed E-state index contributed by atoms with van der Waals surface area (Å²) >= 11 is 6.04. The van der Waals surface area contributed by atoms with Crippen LogP contribution in [0.2, 0.25) is 5.02 Å². The summed E-state index contributed by atoms with van der Waals surface area (Å²) in [6, 6.07) is 7.65. The molecule has 0 aliphatic rings. The van der Waals surface area contributed by atoms with Crippen molar-refractivity contribution in [3.63, 3.8) is 0 Å². The largest absolute Gasteiger partial charge is 0.344 e. The molecule has 1 aromatic carbocycles. The Kier molecular flexibility index (Phi) is 8.81. The van der Waals surface area contributed by atoms with E-state index in [1.165, 1.54) is 0 Å². The third-order valence-electron chi connectivity index (χ3n) is 2.69. The molecule has 0 aliphatic heterocycles. The van der Waals surface area contributed by atoms with Crippen LogP contribution >= 0.6 is 24.0 Å². The van der Waals surface area contributed by atoms with E-state index in [1.807, 2.05) is 38.4 Å². The number of nitrogens with zero attached hydrogens (tertiary/aromatic N) is 1. The number of amides is 1. The first-order valence-corrected chi connectivity index (χ1v) is 6.15. The van der Waals surface area contributed by atoms with E-state index in [-0.39, 0.29) is 18.3 Å². The van der Waals surface area contributed by atoms with Gasteiger partial charge in [0.1, 0.15) is 0 Å². The Morgan fingerprint density at radius 1 is 1.39 bits per heavy atom. The highest BCUT2D eigenvalue weighted by molar-refractivity contribution is 6.31. The van der Waals surface area contributed by atoms with Crippen molar-refractivity contribution in [2.24, 2.45) is 0 Å². The number of halogens is 2. The number of hydrogen-bond acceptors (Lipinski definition) is 2. The summed E-state index contributed by atoms with van der Waals surface area (Å²) in [7, 11) is 3.70. The molecule has 0 saturated carbocycles. The first-order chi connectivity index (χ1) is 8.15. The molecule has 5 heteroatoms. The average Bonchev–Trinajstić information content (AvgIpc) is 2.34. The number of carbonyl (C=O) groups excluding carboxylic acids is 1. The Morgan fingerprint density at radius 3 is 2.67 bits per heavy atom. The van der Waals surface area contributed by atoms with Crippen LogP contribution in [0.5, 0.6) is 0 Å². The van der Waals surface area contributed by atoms with E-state index in [4.69, 9.17) is 11.6 Å². The van der Waals surface area contributed by atoms with Crippen LogP contribution in [0.25, 0.3) is 0 Å². The third-order valence-corrected chi connectivity index (χ3v) is 3.06. The summed E-state index contributed by atoms with van der Waals surface area (Å²) in [4.78, 5) is 13.5. The number of hydrogen-bond donors (Lipinski definition) is 1. The van der Waals surface area contributed by atoms with Crippen LogP contribution in [-0.2, 0) is 11.2 Å². The maximum Gasteiger partial charge on any atom is 0.222 e. The Hall–Kier alpha value is -0.770. The van der Waals surface area contributed by atoms with Crippen LogP contribution in [-0.4, -0.2) is 38.0 Å². The second kappa shape index (κ2) is 9.20. The number of aryl methyl sites for hydroxylation is 1. The third kappa shape index (κ3) is 5.71. The molecule has 0 spiro atoms. The monoisotopic (exact) mass is 290 g/mol. The second-order valence-corrected chi connectivity index (χ2v) is 4.42. The zero-order valence-electron chi connectivity index (χ0n) is 10.8. The lowest BCUT2D eigenvalue weighted by molar-refractivity contribution is -0.129. The fourth-order valence-electron chi connectivity index (χ4n) is 1.54. The topological polar surface area (TPSA) is 32.3 Å². The van der Waals surface area contributed by atoms with Gasteiger partial charge in [-0.3, -0.25) is 4.79 Å². The van der Waals surface area contributed by atoms with Gasteiger partial charge >= 0.3 is 0 Å². The van der Waals surface area contributed by atoms with Gasteiger partial charge in [0.2, 0.25) is 5.91 Å². The van der Waals surface area contributed by atoms with Crippen molar-refractivity contribution < 1.29 is 4.79 Å². The van der Waals surface area contributed by atoms with Gasteiger partial charge in [0, 0.05) is 31.6 Å². The molecule has 0 radical (unpaired) electrons. The second-order valence-electron chi connectivity index (χ2n) is 4.01. The zero-order valence-corrected chi connectivity index (χ0v) is 12.4. The van der Waals surface area contributed by atoms with Crippen LogP contribution in [0.4, 0.5) is 0 Å². The summed E-state index contributed by atoms with van der Waals surface area (Å²) in [6.07, 6.45) is 1.20. The fraction of sp³-hybridized carbons (Fsp3) is 0.462. The first kappa shape index (κ1) is 17.2. The molecule has 1 N–H and O–H groups in total. The van der Waals surface area contributed by atoms with Gasteiger partial charge in [0.25, 0.3) is 0 Å². The van der Waals surface area contributed by atoms with Crippen LogP contribution in [0.15, 0.2) is 24.3 Å². The molecule has 0 heterocycles. The first-order valence-electron chi connectivity index (χ1n) is 5.77. The normalized spacial score (nSPS) is 9.72. The summed E-state index contributed by atoms with van der Waals surface area (Å²) in [5.74, 6) is 0.153. The predicted molar refractivity (Wildman–Crippen MR) is 78.6 cm³/mol. The highest BCUT2D eigenvalue weighted by Gasteiger charge is 2.09. The van der Waals surface area contributed by atoms with Gasteiger partial charge in [-0.2, -0.15) is 0 Å². The molecule has 0 unspecified atom stereocenters. The number of carbonyl (C=O) groups is 1. The summed E-state index contributed by atoms with van der Waals surface area (Å²) in [6.45, 7) is 1.55. The summed E-state index contributed by atoms with van der Waals surface area (Å²) in [5.41, 5.74) is 1.03. The lowest BCUT2D eigenvalue weighted by atomic mass is 10.1. The summed E-state index contributed by atoms with van der Waals surface area (Å²) in [5, 5.41) is 3.76. The number of nitrogens with one attached hydrogen (secondary N) is 1. The molecule has 0 fully saturated rings. The van der Waals surface area contributed by atoms with E-state index in [0.717, 1.165) is 23.7 Å². The van der Waals surface area contributed by atoms with Crippen LogP contribution in [0.3, 0.4) is 0 Å². The molecular weight excluding hydrogens is 271 g/mol. The van der Waals surface area contributed by atoms with Crippen molar-refractivity contribution in [1.82, 2.24) is 10.2 Å². The van der Waals surface area contributed by atoms with Gasteiger partial charge in [-0.05, 0) is 25.1 Å². The van der Waals surface area contributed by atoms with E-state index in [9.17, 15) is 4.79 Å². The van der Waals surface area contributed by atoms with Gasteiger partial charge < -0.3 is 10.2 Å². The van der Waals surface area contributed by atoms with Crippen LogP contribution in [0, 0.1) is 0 Å². The maximum atomic E-state index is 11.8. The smallest absolute Gasteiger partial charge is 0.222 e. The van der Waals surface area contributed by atoms with E-state index in [1.54, 1.807) is 4.90 Å². The van der Waals surface area contributed by atoms with Gasteiger partial charge in [-0.15, -0.1) is 12.4 Å². The molecule has 1 amide bonds. The molecule has 0 atom stereocenters. The van der Waals surface area contributed by atoms with E-state index in [2.05, 4.69) is 5.32 Å².